The maximum absolute atomic E-state index is 12.5. The van der Waals surface area contributed by atoms with Crippen molar-refractivity contribution in [2.75, 3.05) is 5.32 Å². The van der Waals surface area contributed by atoms with Crippen molar-refractivity contribution >= 4 is 11.6 Å². The van der Waals surface area contributed by atoms with Crippen LogP contribution in [0.25, 0.3) is 0 Å². The summed E-state index contributed by atoms with van der Waals surface area (Å²) in [4.78, 5) is 24.2. The average molecular weight is 340 g/mol. The average Bonchev–Trinajstić information content (AvgIpc) is 2.55. The van der Waals surface area contributed by atoms with E-state index in [1.54, 1.807) is 16.8 Å². The number of nitrogens with zero attached hydrogens (tertiary/aromatic N) is 1. The first-order valence-corrected chi connectivity index (χ1v) is 9.67. The number of allylic oxidation sites excluding steroid dienone is 1. The zero-order chi connectivity index (χ0) is 17.6. The van der Waals surface area contributed by atoms with E-state index in [1.807, 2.05) is 13.0 Å². The summed E-state index contributed by atoms with van der Waals surface area (Å²) in [6, 6.07) is 3.19. The van der Waals surface area contributed by atoms with Gasteiger partial charge in [-0.2, -0.15) is 0 Å². The third kappa shape index (κ3) is 3.07. The van der Waals surface area contributed by atoms with E-state index in [0.717, 1.165) is 17.8 Å². The SMILES string of the molecule is CCn1cc(NC(=O)/C=C(/C)C23CC4CC(CC(C4)C2)C3)ccc1=O. The van der Waals surface area contributed by atoms with Crippen LogP contribution in [0.2, 0.25) is 0 Å². The lowest BCUT2D eigenvalue weighted by molar-refractivity contribution is -0.112. The molecule has 1 heterocycles. The molecule has 1 N–H and O–H groups in total. The molecule has 4 bridgehead atoms. The Kier molecular flexibility index (Phi) is 4.09. The lowest BCUT2D eigenvalue weighted by Crippen LogP contribution is -2.46. The summed E-state index contributed by atoms with van der Waals surface area (Å²) >= 11 is 0. The van der Waals surface area contributed by atoms with Crippen molar-refractivity contribution in [2.45, 2.75) is 58.9 Å². The van der Waals surface area contributed by atoms with Gasteiger partial charge in [-0.3, -0.25) is 9.59 Å². The van der Waals surface area contributed by atoms with Gasteiger partial charge in [0.2, 0.25) is 5.91 Å². The van der Waals surface area contributed by atoms with E-state index in [2.05, 4.69) is 12.2 Å². The highest BCUT2D eigenvalue weighted by atomic mass is 16.1. The monoisotopic (exact) mass is 340 g/mol. The fourth-order valence-corrected chi connectivity index (χ4v) is 5.97. The van der Waals surface area contributed by atoms with Crippen LogP contribution >= 0.6 is 0 Å². The van der Waals surface area contributed by atoms with E-state index in [0.29, 0.717) is 12.2 Å². The van der Waals surface area contributed by atoms with Crippen molar-refractivity contribution in [3.8, 4) is 0 Å². The molecule has 1 aromatic rings. The number of anilines is 1. The van der Waals surface area contributed by atoms with Gasteiger partial charge in [-0.05, 0) is 81.6 Å². The zero-order valence-corrected chi connectivity index (χ0v) is 15.3. The normalized spacial score (nSPS) is 33.5. The van der Waals surface area contributed by atoms with Gasteiger partial charge in [-0.1, -0.05) is 5.57 Å². The second kappa shape index (κ2) is 6.15. The minimum absolute atomic E-state index is 0.0409. The van der Waals surface area contributed by atoms with Crippen molar-refractivity contribution in [1.29, 1.82) is 0 Å². The highest BCUT2D eigenvalue weighted by Crippen LogP contribution is 2.62. The minimum atomic E-state index is -0.0745. The number of carbonyl (C=O) groups is 1. The second-order valence-electron chi connectivity index (χ2n) is 8.56. The van der Waals surface area contributed by atoms with Crippen LogP contribution in [-0.2, 0) is 11.3 Å². The summed E-state index contributed by atoms with van der Waals surface area (Å²) in [6.45, 7) is 4.68. The van der Waals surface area contributed by atoms with E-state index >= 15 is 0 Å². The Morgan fingerprint density at radius 3 is 2.36 bits per heavy atom. The molecule has 4 saturated carbocycles. The summed E-state index contributed by atoms with van der Waals surface area (Å²) in [6.07, 6.45) is 11.6. The molecule has 0 aliphatic heterocycles. The zero-order valence-electron chi connectivity index (χ0n) is 15.3. The van der Waals surface area contributed by atoms with Crippen LogP contribution in [0, 0.1) is 23.2 Å². The smallest absolute Gasteiger partial charge is 0.250 e. The predicted octanol–water partition coefficient (Wildman–Crippen LogP) is 3.97. The number of rotatable bonds is 4. The first-order chi connectivity index (χ1) is 12.0. The third-order valence-corrected chi connectivity index (χ3v) is 6.81. The first-order valence-electron chi connectivity index (χ1n) is 9.67. The lowest BCUT2D eigenvalue weighted by atomic mass is 9.48. The Morgan fingerprint density at radius 1 is 1.20 bits per heavy atom. The van der Waals surface area contributed by atoms with Crippen molar-refractivity contribution in [1.82, 2.24) is 4.57 Å². The molecule has 0 radical (unpaired) electrons. The highest BCUT2D eigenvalue weighted by Gasteiger charge is 2.51. The van der Waals surface area contributed by atoms with Gasteiger partial charge < -0.3 is 9.88 Å². The molecule has 0 aromatic carbocycles. The molecule has 4 aliphatic carbocycles. The van der Waals surface area contributed by atoms with Gasteiger partial charge in [0.15, 0.2) is 0 Å². The van der Waals surface area contributed by atoms with Crippen LogP contribution < -0.4 is 10.9 Å². The van der Waals surface area contributed by atoms with Crippen LogP contribution in [-0.4, -0.2) is 10.5 Å². The van der Waals surface area contributed by atoms with Gasteiger partial charge >= 0.3 is 0 Å². The molecule has 0 unspecified atom stereocenters. The molecule has 4 heteroatoms. The Labute approximate surface area is 149 Å². The van der Waals surface area contributed by atoms with Crippen molar-refractivity contribution in [3.05, 3.63) is 40.3 Å². The number of carbonyl (C=O) groups excluding carboxylic acids is 1. The lowest BCUT2D eigenvalue weighted by Gasteiger charge is -2.57. The summed E-state index contributed by atoms with van der Waals surface area (Å²) < 4.78 is 1.60. The van der Waals surface area contributed by atoms with E-state index in [9.17, 15) is 9.59 Å². The van der Waals surface area contributed by atoms with Crippen LogP contribution in [0.4, 0.5) is 5.69 Å². The van der Waals surface area contributed by atoms with E-state index < -0.39 is 0 Å². The Balaban J connectivity index is 1.50. The quantitative estimate of drug-likeness (QED) is 0.843. The molecule has 4 fully saturated rings. The van der Waals surface area contributed by atoms with Crippen molar-refractivity contribution in [2.24, 2.45) is 23.2 Å². The number of amides is 1. The van der Waals surface area contributed by atoms with Gasteiger partial charge in [-0.25, -0.2) is 0 Å². The first kappa shape index (κ1) is 16.6. The molecule has 5 rings (SSSR count). The molecule has 0 spiro atoms. The van der Waals surface area contributed by atoms with Gasteiger partial charge in [0.25, 0.3) is 5.56 Å². The van der Waals surface area contributed by atoms with E-state index in [4.69, 9.17) is 0 Å². The van der Waals surface area contributed by atoms with Crippen LogP contribution in [0.5, 0.6) is 0 Å². The van der Waals surface area contributed by atoms with Gasteiger partial charge in [-0.15, -0.1) is 0 Å². The molecular weight excluding hydrogens is 312 g/mol. The van der Waals surface area contributed by atoms with Crippen molar-refractivity contribution < 1.29 is 4.79 Å². The molecule has 4 nitrogen and oxygen atoms in total. The molecule has 25 heavy (non-hydrogen) atoms. The largest absolute Gasteiger partial charge is 0.321 e. The summed E-state index contributed by atoms with van der Waals surface area (Å²) in [5.41, 5.74) is 2.17. The molecular formula is C21H28N2O2. The number of hydrogen-bond donors (Lipinski definition) is 1. The minimum Gasteiger partial charge on any atom is -0.321 e. The number of nitrogens with one attached hydrogen (secondary N) is 1. The summed E-state index contributed by atoms with van der Waals surface area (Å²) in [5.74, 6) is 2.57. The Bertz CT molecular complexity index is 739. The number of hydrogen-bond acceptors (Lipinski definition) is 2. The maximum atomic E-state index is 12.5. The molecule has 1 aromatic heterocycles. The fraction of sp³-hybridized carbons (Fsp3) is 0.619. The topological polar surface area (TPSA) is 51.1 Å². The van der Waals surface area contributed by atoms with E-state index in [1.165, 1.54) is 50.2 Å². The molecule has 0 saturated heterocycles. The molecule has 1 amide bonds. The van der Waals surface area contributed by atoms with Crippen LogP contribution in [0.1, 0.15) is 52.4 Å². The van der Waals surface area contributed by atoms with Crippen LogP contribution in [0.15, 0.2) is 34.8 Å². The fourth-order valence-electron chi connectivity index (χ4n) is 5.97. The van der Waals surface area contributed by atoms with Gasteiger partial charge in [0.1, 0.15) is 0 Å². The Hall–Kier alpha value is -1.84. The second-order valence-corrected chi connectivity index (χ2v) is 8.56. The molecule has 4 aliphatic rings. The standard InChI is InChI=1S/C21H28N2O2/c1-3-23-13-18(4-5-20(23)25)22-19(24)6-14(2)21-10-15-7-16(11-21)9-17(8-15)12-21/h4-6,13,15-17H,3,7-12H2,1-2H3,(H,22,24)/b14-6-. The highest BCUT2D eigenvalue weighted by molar-refractivity contribution is 5.99. The van der Waals surface area contributed by atoms with Crippen LogP contribution in [0.3, 0.4) is 0 Å². The van der Waals surface area contributed by atoms with Gasteiger partial charge in [0, 0.05) is 24.9 Å². The number of aromatic nitrogens is 1. The van der Waals surface area contributed by atoms with Gasteiger partial charge in [0.05, 0.1) is 5.69 Å². The summed E-state index contributed by atoms with van der Waals surface area (Å²) in [7, 11) is 0. The van der Waals surface area contributed by atoms with E-state index in [-0.39, 0.29) is 16.9 Å². The summed E-state index contributed by atoms with van der Waals surface area (Å²) in [5, 5.41) is 2.93. The number of aryl methyl sites for hydroxylation is 1. The predicted molar refractivity (Wildman–Crippen MR) is 99.4 cm³/mol. The van der Waals surface area contributed by atoms with Crippen molar-refractivity contribution in [3.63, 3.8) is 0 Å². The third-order valence-electron chi connectivity index (χ3n) is 6.81. The molecule has 0 atom stereocenters. The Morgan fingerprint density at radius 2 is 1.80 bits per heavy atom. The maximum Gasteiger partial charge on any atom is 0.250 e. The molecule has 134 valence electrons. The number of pyridine rings is 1.